The van der Waals surface area contributed by atoms with Crippen LogP contribution >= 0.6 is 0 Å². The number of ether oxygens (including phenoxy) is 1. The second-order valence-corrected chi connectivity index (χ2v) is 11.6. The molecule has 1 aromatic carbocycles. The number of carbonyl (C=O) groups excluding carboxylic acids is 2. The highest BCUT2D eigenvalue weighted by Gasteiger charge is 2.46. The molecule has 1 aromatic rings. The highest BCUT2D eigenvalue weighted by molar-refractivity contribution is 7.91. The Morgan fingerprint density at radius 2 is 1.82 bits per heavy atom. The Bertz CT molecular complexity index is 957. The van der Waals surface area contributed by atoms with Crippen LogP contribution in [0.3, 0.4) is 0 Å². The van der Waals surface area contributed by atoms with E-state index in [2.05, 4.69) is 11.8 Å². The summed E-state index contributed by atoms with van der Waals surface area (Å²) >= 11 is 0. The van der Waals surface area contributed by atoms with E-state index < -0.39 is 15.8 Å². The molecule has 3 atom stereocenters. The van der Waals surface area contributed by atoms with E-state index in [0.717, 1.165) is 24.2 Å². The van der Waals surface area contributed by atoms with Crippen molar-refractivity contribution >= 4 is 21.7 Å². The van der Waals surface area contributed by atoms with Gasteiger partial charge in [0.25, 0.3) is 0 Å². The number of likely N-dealkylation sites (tertiary alicyclic amines) is 1. The van der Waals surface area contributed by atoms with Crippen LogP contribution < -0.4 is 4.74 Å². The number of hydrogen-bond donors (Lipinski definition) is 0. The molecular weight excluding hydrogens is 442 g/mol. The number of sulfone groups is 1. The third-order valence-corrected chi connectivity index (χ3v) is 9.06. The molecule has 0 spiro atoms. The molecular formula is C24H35N3O5S. The van der Waals surface area contributed by atoms with Gasteiger partial charge in [0, 0.05) is 45.2 Å². The first kappa shape index (κ1) is 24.0. The SMILES string of the molecule is CCCCN1C(=O)C[C@H](C(=O)N2CCN([C@H]3CCS(=O)(=O)C3)CC2)[C@@H]1c1ccc(OC)cc1. The van der Waals surface area contributed by atoms with Crippen molar-refractivity contribution in [2.24, 2.45) is 5.92 Å². The van der Waals surface area contributed by atoms with Gasteiger partial charge in [-0.25, -0.2) is 8.42 Å². The number of unbranched alkanes of at least 4 members (excludes halogenated alkanes) is 1. The summed E-state index contributed by atoms with van der Waals surface area (Å²) in [4.78, 5) is 32.5. The van der Waals surface area contributed by atoms with Crippen LogP contribution in [0.4, 0.5) is 0 Å². The van der Waals surface area contributed by atoms with Crippen molar-refractivity contribution in [2.75, 3.05) is 51.3 Å². The number of piperazine rings is 1. The van der Waals surface area contributed by atoms with E-state index in [-0.39, 0.29) is 41.8 Å². The minimum absolute atomic E-state index is 0.0295. The van der Waals surface area contributed by atoms with Gasteiger partial charge >= 0.3 is 0 Å². The molecule has 3 aliphatic heterocycles. The number of methoxy groups -OCH3 is 1. The first-order chi connectivity index (χ1) is 15.8. The summed E-state index contributed by atoms with van der Waals surface area (Å²) < 4.78 is 29.0. The van der Waals surface area contributed by atoms with Crippen molar-refractivity contribution in [1.82, 2.24) is 14.7 Å². The summed E-state index contributed by atoms with van der Waals surface area (Å²) in [6.45, 7) is 5.26. The second kappa shape index (κ2) is 10.0. The zero-order valence-corrected chi connectivity index (χ0v) is 20.4. The van der Waals surface area contributed by atoms with Crippen LogP contribution in [-0.4, -0.2) is 92.3 Å². The minimum Gasteiger partial charge on any atom is -0.497 e. The van der Waals surface area contributed by atoms with Crippen molar-refractivity contribution in [3.8, 4) is 5.75 Å². The van der Waals surface area contributed by atoms with E-state index in [1.165, 1.54) is 0 Å². The van der Waals surface area contributed by atoms with Gasteiger partial charge in [-0.15, -0.1) is 0 Å². The van der Waals surface area contributed by atoms with Crippen molar-refractivity contribution in [1.29, 1.82) is 0 Å². The monoisotopic (exact) mass is 477 g/mol. The third kappa shape index (κ3) is 5.19. The molecule has 0 N–H and O–H groups in total. The number of rotatable bonds is 7. The quantitative estimate of drug-likeness (QED) is 0.594. The standard InChI is InChI=1S/C24H35N3O5S/c1-3-4-10-27-22(28)16-21(23(27)18-5-7-20(32-2)8-6-18)24(29)26-13-11-25(12-14-26)19-9-15-33(30,31)17-19/h5-8,19,21,23H,3-4,9-17H2,1-2H3/t19-,21-,23-/m0/s1. The largest absolute Gasteiger partial charge is 0.497 e. The normalized spacial score (nSPS) is 27.8. The molecule has 0 aromatic heterocycles. The molecule has 3 heterocycles. The average Bonchev–Trinajstić information content (AvgIpc) is 3.36. The van der Waals surface area contributed by atoms with E-state index >= 15 is 0 Å². The summed E-state index contributed by atoms with van der Waals surface area (Å²) in [7, 11) is -1.31. The molecule has 0 unspecified atom stereocenters. The zero-order valence-electron chi connectivity index (χ0n) is 19.6. The van der Waals surface area contributed by atoms with Gasteiger partial charge in [-0.1, -0.05) is 25.5 Å². The van der Waals surface area contributed by atoms with Crippen LogP contribution in [0.25, 0.3) is 0 Å². The molecule has 9 heteroatoms. The van der Waals surface area contributed by atoms with Crippen molar-refractivity contribution in [3.05, 3.63) is 29.8 Å². The van der Waals surface area contributed by atoms with Gasteiger partial charge in [-0.05, 0) is 30.5 Å². The number of benzene rings is 1. The molecule has 2 amide bonds. The smallest absolute Gasteiger partial charge is 0.228 e. The van der Waals surface area contributed by atoms with Gasteiger partial charge < -0.3 is 14.5 Å². The first-order valence-electron chi connectivity index (χ1n) is 12.0. The Labute approximate surface area is 196 Å². The summed E-state index contributed by atoms with van der Waals surface area (Å²) in [6.07, 6.45) is 2.80. The Morgan fingerprint density at radius 3 is 2.39 bits per heavy atom. The summed E-state index contributed by atoms with van der Waals surface area (Å²) in [5.74, 6) is 0.902. The molecule has 182 valence electrons. The van der Waals surface area contributed by atoms with Crippen molar-refractivity contribution < 1.29 is 22.7 Å². The second-order valence-electron chi connectivity index (χ2n) is 9.39. The maximum atomic E-state index is 13.6. The Balaban J connectivity index is 1.47. The molecule has 4 rings (SSSR count). The number of carbonyl (C=O) groups is 2. The maximum Gasteiger partial charge on any atom is 0.228 e. The van der Waals surface area contributed by atoms with E-state index in [4.69, 9.17) is 4.74 Å². The summed E-state index contributed by atoms with van der Waals surface area (Å²) in [5, 5.41) is 0. The van der Waals surface area contributed by atoms with Crippen LogP contribution in [0.1, 0.15) is 44.2 Å². The summed E-state index contributed by atoms with van der Waals surface area (Å²) in [6, 6.07) is 7.48. The number of amides is 2. The van der Waals surface area contributed by atoms with Crippen LogP contribution in [-0.2, 0) is 19.4 Å². The predicted molar refractivity (Wildman–Crippen MR) is 126 cm³/mol. The molecule has 0 aliphatic carbocycles. The van der Waals surface area contributed by atoms with Gasteiger partial charge in [0.1, 0.15) is 5.75 Å². The summed E-state index contributed by atoms with van der Waals surface area (Å²) in [5.41, 5.74) is 0.964. The molecule has 3 fully saturated rings. The fourth-order valence-corrected chi connectivity index (χ4v) is 7.18. The molecule has 0 bridgehead atoms. The minimum atomic E-state index is -2.92. The first-order valence-corrected chi connectivity index (χ1v) is 13.8. The fraction of sp³-hybridized carbons (Fsp3) is 0.667. The zero-order chi connectivity index (χ0) is 23.6. The Morgan fingerprint density at radius 1 is 1.12 bits per heavy atom. The van der Waals surface area contributed by atoms with Gasteiger partial charge in [0.2, 0.25) is 11.8 Å². The van der Waals surface area contributed by atoms with Gasteiger partial charge in [0.15, 0.2) is 9.84 Å². The topological polar surface area (TPSA) is 87.2 Å². The maximum absolute atomic E-state index is 13.6. The van der Waals surface area contributed by atoms with Gasteiger partial charge in [-0.3, -0.25) is 14.5 Å². The molecule has 3 aliphatic rings. The third-order valence-electron chi connectivity index (χ3n) is 7.31. The van der Waals surface area contributed by atoms with Crippen molar-refractivity contribution in [3.63, 3.8) is 0 Å². The average molecular weight is 478 g/mol. The van der Waals surface area contributed by atoms with E-state index in [9.17, 15) is 18.0 Å². The fourth-order valence-electron chi connectivity index (χ4n) is 5.42. The Kier molecular flexibility index (Phi) is 7.28. The van der Waals surface area contributed by atoms with Gasteiger partial charge in [0.05, 0.1) is 30.6 Å². The molecule has 0 saturated carbocycles. The lowest BCUT2D eigenvalue weighted by Gasteiger charge is -2.39. The van der Waals surface area contributed by atoms with E-state index in [0.29, 0.717) is 39.1 Å². The molecule has 0 radical (unpaired) electrons. The predicted octanol–water partition coefficient (Wildman–Crippen LogP) is 1.72. The number of hydrogen-bond acceptors (Lipinski definition) is 6. The van der Waals surface area contributed by atoms with E-state index in [1.807, 2.05) is 34.1 Å². The lowest BCUT2D eigenvalue weighted by molar-refractivity contribution is -0.138. The molecule has 8 nitrogen and oxygen atoms in total. The highest BCUT2D eigenvalue weighted by atomic mass is 32.2. The van der Waals surface area contributed by atoms with E-state index in [1.54, 1.807) is 7.11 Å². The highest BCUT2D eigenvalue weighted by Crippen LogP contribution is 2.40. The van der Waals surface area contributed by atoms with Crippen LogP contribution in [0.2, 0.25) is 0 Å². The lowest BCUT2D eigenvalue weighted by Crippen LogP contribution is -2.53. The lowest BCUT2D eigenvalue weighted by atomic mass is 9.91. The molecule has 33 heavy (non-hydrogen) atoms. The Hall–Kier alpha value is -2.13. The van der Waals surface area contributed by atoms with Crippen LogP contribution in [0, 0.1) is 5.92 Å². The van der Waals surface area contributed by atoms with Crippen LogP contribution in [0.15, 0.2) is 24.3 Å². The molecule has 3 saturated heterocycles. The van der Waals surface area contributed by atoms with Crippen molar-refractivity contribution in [2.45, 2.75) is 44.7 Å². The number of nitrogens with zero attached hydrogens (tertiary/aromatic N) is 3. The van der Waals surface area contributed by atoms with Gasteiger partial charge in [-0.2, -0.15) is 0 Å². The van der Waals surface area contributed by atoms with Crippen LogP contribution in [0.5, 0.6) is 5.75 Å².